The molecule has 0 heterocycles. The number of allylic oxidation sites excluding steroid dienone is 1. The molecule has 0 aliphatic rings. The predicted molar refractivity (Wildman–Crippen MR) is 87.2 cm³/mol. The average molecular weight is 343 g/mol. The van der Waals surface area contributed by atoms with Crippen LogP contribution in [0, 0.1) is 18.3 Å². The van der Waals surface area contributed by atoms with Gasteiger partial charge >= 0.3 is 40.0 Å². The fraction of sp³-hybridized carbons (Fsp3) is 0.733. The SMILES string of the molecule is C=CC#N.O=S(=O)(O)O.[CH2-]CCCCCCCCCCC.[Na+]. The predicted octanol–water partition coefficient (Wildman–Crippen LogP) is 1.79. The normalized spacial score (nSPS) is 9.05. The quantitative estimate of drug-likeness (QED) is 0.219. The van der Waals surface area contributed by atoms with Crippen LogP contribution >= 0.6 is 0 Å². The molecule has 0 amide bonds. The van der Waals surface area contributed by atoms with Gasteiger partial charge in [0.15, 0.2) is 0 Å². The van der Waals surface area contributed by atoms with E-state index in [9.17, 15) is 0 Å². The van der Waals surface area contributed by atoms with Gasteiger partial charge in [-0.05, 0) is 0 Å². The fourth-order valence-corrected chi connectivity index (χ4v) is 1.49. The molecular formula is C15H30NNaO4S. The van der Waals surface area contributed by atoms with Gasteiger partial charge < -0.3 is 6.92 Å². The van der Waals surface area contributed by atoms with Crippen molar-refractivity contribution in [3.8, 4) is 6.07 Å². The van der Waals surface area contributed by atoms with Crippen molar-refractivity contribution in [3.05, 3.63) is 19.6 Å². The Hall–Kier alpha value is 0.1000. The van der Waals surface area contributed by atoms with E-state index in [0.717, 1.165) is 6.42 Å². The van der Waals surface area contributed by atoms with Crippen molar-refractivity contribution < 1.29 is 47.1 Å². The minimum absolute atomic E-state index is 0. The Morgan fingerprint density at radius 1 is 1.05 bits per heavy atom. The van der Waals surface area contributed by atoms with Crippen molar-refractivity contribution in [3.63, 3.8) is 0 Å². The second-order valence-electron chi connectivity index (χ2n) is 4.46. The Bertz CT molecular complexity index is 322. The monoisotopic (exact) mass is 343 g/mol. The third kappa shape index (κ3) is 71.9. The summed E-state index contributed by atoms with van der Waals surface area (Å²) in [6.45, 7) is 9.23. The van der Waals surface area contributed by atoms with E-state index in [-0.39, 0.29) is 29.6 Å². The van der Waals surface area contributed by atoms with E-state index in [0.29, 0.717) is 0 Å². The first-order valence-electron chi connectivity index (χ1n) is 7.33. The van der Waals surface area contributed by atoms with Crippen LogP contribution in [-0.2, 0) is 10.4 Å². The maximum Gasteiger partial charge on any atom is 1.00 e. The molecule has 0 aliphatic heterocycles. The van der Waals surface area contributed by atoms with Crippen LogP contribution in [0.15, 0.2) is 12.7 Å². The fourth-order valence-electron chi connectivity index (χ4n) is 1.49. The molecule has 0 aromatic carbocycles. The number of nitrogens with zero attached hydrogens (tertiary/aromatic N) is 1. The maximum atomic E-state index is 8.74. The molecule has 0 atom stereocenters. The number of hydrogen-bond acceptors (Lipinski definition) is 3. The van der Waals surface area contributed by atoms with E-state index >= 15 is 0 Å². The summed E-state index contributed by atoms with van der Waals surface area (Å²) in [5, 5.41) is 7.51. The summed E-state index contributed by atoms with van der Waals surface area (Å²) in [7, 11) is -4.67. The van der Waals surface area contributed by atoms with Gasteiger partial charge in [-0.1, -0.05) is 71.3 Å². The van der Waals surface area contributed by atoms with Crippen LogP contribution in [-0.4, -0.2) is 17.5 Å². The molecule has 0 aromatic heterocycles. The van der Waals surface area contributed by atoms with E-state index in [4.69, 9.17) is 22.8 Å². The van der Waals surface area contributed by atoms with Crippen molar-refractivity contribution in [2.75, 3.05) is 0 Å². The van der Waals surface area contributed by atoms with Gasteiger partial charge in [-0.2, -0.15) is 20.1 Å². The van der Waals surface area contributed by atoms with Gasteiger partial charge in [-0.25, -0.2) is 0 Å². The smallest absolute Gasteiger partial charge is 0.343 e. The molecule has 0 spiro atoms. The molecule has 2 N–H and O–H groups in total. The van der Waals surface area contributed by atoms with Gasteiger partial charge in [0.2, 0.25) is 0 Å². The molecule has 0 saturated carbocycles. The summed E-state index contributed by atoms with van der Waals surface area (Å²) in [6, 6.07) is 1.69. The number of unbranched alkanes of at least 4 members (excludes halogenated alkanes) is 9. The van der Waals surface area contributed by atoms with Crippen molar-refractivity contribution >= 4 is 10.4 Å². The topological polar surface area (TPSA) is 98.4 Å². The standard InChI is InChI=1S/C12H25.C3H3N.Na.H2O4S/c1-3-5-7-9-11-12-10-8-6-4-2;1-2-3-4;;1-5(2,3)4/h1,3-12H2,2H3;2H,1H2;;(H2,1,2,3,4)/q-1;;+1;. The summed E-state index contributed by atoms with van der Waals surface area (Å²) in [5.74, 6) is 0. The number of rotatable bonds is 9. The molecule has 0 rings (SSSR count). The third-order valence-corrected chi connectivity index (χ3v) is 2.44. The molecule has 0 unspecified atom stereocenters. The van der Waals surface area contributed by atoms with Crippen molar-refractivity contribution in [1.82, 2.24) is 0 Å². The van der Waals surface area contributed by atoms with Crippen LogP contribution in [0.4, 0.5) is 0 Å². The molecule has 7 heteroatoms. The zero-order valence-corrected chi connectivity index (χ0v) is 16.9. The molecule has 0 fully saturated rings. The first-order chi connectivity index (χ1) is 9.83. The Kier molecular flexibility index (Phi) is 35.5. The van der Waals surface area contributed by atoms with E-state index in [2.05, 4.69) is 20.4 Å². The molecule has 22 heavy (non-hydrogen) atoms. The summed E-state index contributed by atoms with van der Waals surface area (Å²) in [6.07, 6.45) is 15.1. The summed E-state index contributed by atoms with van der Waals surface area (Å²) < 4.78 is 31.6. The Morgan fingerprint density at radius 2 is 1.32 bits per heavy atom. The molecule has 0 radical (unpaired) electrons. The van der Waals surface area contributed by atoms with Crippen LogP contribution in [0.3, 0.4) is 0 Å². The Morgan fingerprint density at radius 3 is 1.55 bits per heavy atom. The van der Waals surface area contributed by atoms with Crippen molar-refractivity contribution in [2.24, 2.45) is 0 Å². The number of nitriles is 1. The molecule has 126 valence electrons. The van der Waals surface area contributed by atoms with E-state index in [1.54, 1.807) is 6.07 Å². The Balaban J connectivity index is -0.000000135. The van der Waals surface area contributed by atoms with Gasteiger partial charge in [-0.15, -0.1) is 0 Å². The zero-order chi connectivity index (χ0) is 17.0. The molecule has 5 nitrogen and oxygen atoms in total. The number of hydrogen-bond donors (Lipinski definition) is 2. The molecule has 0 aliphatic carbocycles. The average Bonchev–Trinajstić information content (AvgIpc) is 2.40. The summed E-state index contributed by atoms with van der Waals surface area (Å²) in [4.78, 5) is 0. The summed E-state index contributed by atoms with van der Waals surface area (Å²) in [5.41, 5.74) is 0. The first-order valence-corrected chi connectivity index (χ1v) is 8.72. The maximum absolute atomic E-state index is 8.74. The second-order valence-corrected chi connectivity index (χ2v) is 5.36. The van der Waals surface area contributed by atoms with E-state index in [1.807, 2.05) is 0 Å². The van der Waals surface area contributed by atoms with E-state index < -0.39 is 10.4 Å². The van der Waals surface area contributed by atoms with Gasteiger partial charge in [-0.3, -0.25) is 9.11 Å². The molecule has 0 aromatic rings. The molecular weight excluding hydrogens is 313 g/mol. The third-order valence-electron chi connectivity index (χ3n) is 2.44. The first kappa shape index (κ1) is 30.0. The van der Waals surface area contributed by atoms with Crippen LogP contribution in [0.5, 0.6) is 0 Å². The van der Waals surface area contributed by atoms with Crippen molar-refractivity contribution in [1.29, 1.82) is 5.26 Å². The van der Waals surface area contributed by atoms with Gasteiger partial charge in [0.1, 0.15) is 0 Å². The largest absolute Gasteiger partial charge is 1.00 e. The zero-order valence-electron chi connectivity index (χ0n) is 14.1. The van der Waals surface area contributed by atoms with Gasteiger partial charge in [0, 0.05) is 6.08 Å². The van der Waals surface area contributed by atoms with Crippen LogP contribution in [0.1, 0.15) is 71.1 Å². The molecule has 0 saturated heterocycles. The minimum Gasteiger partial charge on any atom is -0.343 e. The van der Waals surface area contributed by atoms with Crippen molar-refractivity contribution in [2.45, 2.75) is 71.1 Å². The Labute approximate surface area is 159 Å². The van der Waals surface area contributed by atoms with Crippen LogP contribution < -0.4 is 29.6 Å². The second kappa shape index (κ2) is 26.0. The summed E-state index contributed by atoms with van der Waals surface area (Å²) >= 11 is 0. The van der Waals surface area contributed by atoms with Crippen LogP contribution in [0.25, 0.3) is 0 Å². The van der Waals surface area contributed by atoms with E-state index in [1.165, 1.54) is 63.9 Å². The van der Waals surface area contributed by atoms with Gasteiger partial charge in [0.05, 0.1) is 6.07 Å². The van der Waals surface area contributed by atoms with Crippen LogP contribution in [0.2, 0.25) is 0 Å². The minimum atomic E-state index is -4.67. The molecule has 0 bridgehead atoms. The van der Waals surface area contributed by atoms with Gasteiger partial charge in [0.25, 0.3) is 0 Å².